The molecular weight excluding hydrogens is 236 g/mol. The summed E-state index contributed by atoms with van der Waals surface area (Å²) in [5.41, 5.74) is 0.273. The molecule has 100 valence electrons. The number of carboxylic acid groups (broad SMARTS) is 1. The van der Waals surface area contributed by atoms with Crippen LogP contribution in [0, 0.1) is 0 Å². The first-order chi connectivity index (χ1) is 8.60. The van der Waals surface area contributed by atoms with Gasteiger partial charge in [0.25, 0.3) is 0 Å². The predicted molar refractivity (Wildman–Crippen MR) is 66.0 cm³/mol. The lowest BCUT2D eigenvalue weighted by Gasteiger charge is -2.14. The normalized spacial score (nSPS) is 11.9. The van der Waals surface area contributed by atoms with Crippen molar-refractivity contribution in [3.8, 4) is 11.5 Å². The fraction of sp³-hybridized carbons (Fsp3) is 0.462. The van der Waals surface area contributed by atoms with Gasteiger partial charge in [0.2, 0.25) is 0 Å². The summed E-state index contributed by atoms with van der Waals surface area (Å²) in [5, 5.41) is 18.2. The van der Waals surface area contributed by atoms with Gasteiger partial charge < -0.3 is 19.7 Å². The van der Waals surface area contributed by atoms with Gasteiger partial charge in [-0.2, -0.15) is 0 Å². The highest BCUT2D eigenvalue weighted by Crippen LogP contribution is 2.30. The Morgan fingerprint density at radius 3 is 2.56 bits per heavy atom. The van der Waals surface area contributed by atoms with Crippen molar-refractivity contribution in [2.75, 3.05) is 13.2 Å². The molecule has 0 aliphatic heterocycles. The fourth-order valence-corrected chi connectivity index (χ4v) is 1.44. The maximum atomic E-state index is 10.7. The average Bonchev–Trinajstić information content (AvgIpc) is 2.36. The van der Waals surface area contributed by atoms with Crippen LogP contribution >= 0.6 is 0 Å². The minimum atomic E-state index is -1.55. The Kier molecular flexibility index (Phi) is 5.45. The largest absolute Gasteiger partial charge is 0.490 e. The van der Waals surface area contributed by atoms with Gasteiger partial charge in [0.1, 0.15) is 0 Å². The molecule has 1 atom stereocenters. The molecule has 1 aromatic rings. The number of rotatable bonds is 7. The minimum Gasteiger partial charge on any atom is -0.490 e. The number of carbonyl (C=O) groups is 1. The highest BCUT2D eigenvalue weighted by molar-refractivity contribution is 5.74. The van der Waals surface area contributed by atoms with Crippen LogP contribution in [-0.4, -0.2) is 29.4 Å². The monoisotopic (exact) mass is 254 g/mol. The molecule has 2 N–H and O–H groups in total. The molecule has 5 heteroatoms. The molecule has 0 aliphatic carbocycles. The van der Waals surface area contributed by atoms with Crippen LogP contribution in [0.2, 0.25) is 0 Å². The van der Waals surface area contributed by atoms with Crippen molar-refractivity contribution in [1.82, 2.24) is 0 Å². The quantitative estimate of drug-likeness (QED) is 0.778. The Labute approximate surface area is 106 Å². The van der Waals surface area contributed by atoms with Crippen LogP contribution in [0.25, 0.3) is 0 Å². The van der Waals surface area contributed by atoms with E-state index in [1.165, 1.54) is 12.1 Å². The number of hydrogen-bond donors (Lipinski definition) is 2. The van der Waals surface area contributed by atoms with E-state index in [4.69, 9.17) is 14.6 Å². The van der Waals surface area contributed by atoms with Gasteiger partial charge in [0, 0.05) is 0 Å². The van der Waals surface area contributed by atoms with E-state index in [0.717, 1.165) is 6.42 Å². The number of aliphatic hydroxyl groups excluding tert-OH is 1. The second-order valence-electron chi connectivity index (χ2n) is 3.73. The summed E-state index contributed by atoms with van der Waals surface area (Å²) in [5.74, 6) is -0.288. The molecule has 0 heterocycles. The molecule has 0 bridgehead atoms. The third kappa shape index (κ3) is 3.63. The first-order valence-corrected chi connectivity index (χ1v) is 5.90. The average molecular weight is 254 g/mol. The van der Waals surface area contributed by atoms with Gasteiger partial charge in [-0.3, -0.25) is 0 Å². The number of aliphatic carboxylic acids is 1. The van der Waals surface area contributed by atoms with E-state index in [1.54, 1.807) is 6.07 Å². The van der Waals surface area contributed by atoms with E-state index < -0.39 is 12.1 Å². The molecule has 0 aromatic heterocycles. The van der Waals surface area contributed by atoms with E-state index in [1.807, 2.05) is 13.8 Å². The van der Waals surface area contributed by atoms with Crippen molar-refractivity contribution in [2.24, 2.45) is 0 Å². The van der Waals surface area contributed by atoms with Crippen LogP contribution in [0.3, 0.4) is 0 Å². The molecule has 0 radical (unpaired) electrons. The van der Waals surface area contributed by atoms with Gasteiger partial charge >= 0.3 is 5.97 Å². The van der Waals surface area contributed by atoms with Crippen molar-refractivity contribution in [1.29, 1.82) is 0 Å². The third-order valence-corrected chi connectivity index (χ3v) is 2.28. The summed E-state index contributed by atoms with van der Waals surface area (Å²) in [6, 6.07) is 4.63. The third-order valence-electron chi connectivity index (χ3n) is 2.28. The highest BCUT2D eigenvalue weighted by atomic mass is 16.5. The maximum absolute atomic E-state index is 10.7. The van der Waals surface area contributed by atoms with E-state index in [2.05, 4.69) is 0 Å². The van der Waals surface area contributed by atoms with E-state index >= 15 is 0 Å². The Balaban J connectivity index is 2.98. The zero-order valence-electron chi connectivity index (χ0n) is 10.5. The summed E-state index contributed by atoms with van der Waals surface area (Å²) < 4.78 is 10.9. The molecule has 1 rings (SSSR count). The lowest BCUT2D eigenvalue weighted by molar-refractivity contribution is -0.146. The van der Waals surface area contributed by atoms with Crippen LogP contribution in [0.4, 0.5) is 0 Å². The molecule has 0 fully saturated rings. The van der Waals surface area contributed by atoms with Crippen molar-refractivity contribution >= 4 is 5.97 Å². The number of carboxylic acids is 1. The van der Waals surface area contributed by atoms with Gasteiger partial charge in [0.15, 0.2) is 17.6 Å². The number of aliphatic hydroxyl groups is 1. The highest BCUT2D eigenvalue weighted by Gasteiger charge is 2.18. The van der Waals surface area contributed by atoms with Gasteiger partial charge in [-0.1, -0.05) is 13.0 Å². The van der Waals surface area contributed by atoms with Crippen molar-refractivity contribution in [3.63, 3.8) is 0 Å². The molecule has 0 saturated carbocycles. The van der Waals surface area contributed by atoms with Crippen LogP contribution < -0.4 is 9.47 Å². The van der Waals surface area contributed by atoms with Crippen LogP contribution in [0.1, 0.15) is 31.9 Å². The smallest absolute Gasteiger partial charge is 0.337 e. The Morgan fingerprint density at radius 1 is 1.28 bits per heavy atom. The molecule has 0 saturated heterocycles. The zero-order chi connectivity index (χ0) is 13.5. The van der Waals surface area contributed by atoms with Crippen molar-refractivity contribution < 1.29 is 24.5 Å². The van der Waals surface area contributed by atoms with Crippen LogP contribution in [-0.2, 0) is 4.79 Å². The lowest BCUT2D eigenvalue weighted by atomic mass is 10.1. The first kappa shape index (κ1) is 14.3. The van der Waals surface area contributed by atoms with Gasteiger partial charge in [0.05, 0.1) is 13.2 Å². The standard InChI is InChI=1S/C13H18O5/c1-3-7-18-10-6-5-9(12(14)13(15)16)8-11(10)17-4-2/h5-6,8,12,14H,3-4,7H2,1-2H3,(H,15,16). The van der Waals surface area contributed by atoms with Gasteiger partial charge in [-0.05, 0) is 31.0 Å². The maximum Gasteiger partial charge on any atom is 0.337 e. The molecule has 0 aliphatic rings. The van der Waals surface area contributed by atoms with Crippen LogP contribution in [0.5, 0.6) is 11.5 Å². The summed E-state index contributed by atoms with van der Waals surface area (Å²) in [6.45, 7) is 4.81. The zero-order valence-corrected chi connectivity index (χ0v) is 10.5. The SMILES string of the molecule is CCCOc1ccc(C(O)C(=O)O)cc1OCC. The van der Waals surface area contributed by atoms with E-state index in [9.17, 15) is 9.90 Å². The Bertz CT molecular complexity index is 402. The fourth-order valence-electron chi connectivity index (χ4n) is 1.44. The van der Waals surface area contributed by atoms with Crippen LogP contribution in [0.15, 0.2) is 18.2 Å². The second kappa shape index (κ2) is 6.86. The molecule has 0 amide bonds. The van der Waals surface area contributed by atoms with Gasteiger partial charge in [-0.15, -0.1) is 0 Å². The Morgan fingerprint density at radius 2 is 2.00 bits per heavy atom. The van der Waals surface area contributed by atoms with E-state index in [-0.39, 0.29) is 5.56 Å². The number of ether oxygens (including phenoxy) is 2. The summed E-state index contributed by atoms with van der Waals surface area (Å²) in [6.07, 6.45) is -0.685. The predicted octanol–water partition coefficient (Wildman–Crippen LogP) is 1.99. The summed E-state index contributed by atoms with van der Waals surface area (Å²) in [4.78, 5) is 10.7. The van der Waals surface area contributed by atoms with E-state index in [0.29, 0.717) is 24.7 Å². The van der Waals surface area contributed by atoms with Gasteiger partial charge in [-0.25, -0.2) is 4.79 Å². The summed E-state index contributed by atoms with van der Waals surface area (Å²) >= 11 is 0. The lowest BCUT2D eigenvalue weighted by Crippen LogP contribution is -2.11. The Hall–Kier alpha value is -1.75. The number of benzene rings is 1. The molecule has 1 aromatic carbocycles. The van der Waals surface area contributed by atoms with Crippen molar-refractivity contribution in [2.45, 2.75) is 26.4 Å². The molecule has 18 heavy (non-hydrogen) atoms. The number of hydrogen-bond acceptors (Lipinski definition) is 4. The van der Waals surface area contributed by atoms with Crippen molar-refractivity contribution in [3.05, 3.63) is 23.8 Å². The summed E-state index contributed by atoms with van der Waals surface area (Å²) in [7, 11) is 0. The second-order valence-corrected chi connectivity index (χ2v) is 3.73. The first-order valence-electron chi connectivity index (χ1n) is 5.90. The molecule has 0 spiro atoms. The molecule has 5 nitrogen and oxygen atoms in total. The minimum absolute atomic E-state index is 0.273. The molecular formula is C13H18O5. The molecule has 1 unspecified atom stereocenters. The topological polar surface area (TPSA) is 76.0 Å².